The van der Waals surface area contributed by atoms with Crippen molar-refractivity contribution in [3.05, 3.63) is 22.6 Å². The fraction of sp³-hybridized carbons (Fsp3) is 0.500. The average Bonchev–Trinajstić information content (AvgIpc) is 2.84. The Morgan fingerprint density at radius 2 is 2.47 bits per heavy atom. The maximum atomic E-state index is 11.9. The summed E-state index contributed by atoms with van der Waals surface area (Å²) in [5.74, 6) is 0.180. The van der Waals surface area contributed by atoms with E-state index in [0.29, 0.717) is 17.0 Å². The zero-order valence-corrected chi connectivity index (χ0v) is 9.74. The molecule has 1 N–H and O–H groups in total. The standard InChI is InChI=1S/C10H12BrNO3/c11-9-4-3-8(15-9)10(14)12-5-1-2-7(12)6-13/h3-4,7,13H,1-2,5-6H2/t7-/m1/s1. The Bertz CT molecular complexity index is 363. The number of aliphatic hydroxyl groups excluding tert-OH is 1. The molecule has 2 heterocycles. The highest BCUT2D eigenvalue weighted by Gasteiger charge is 2.30. The van der Waals surface area contributed by atoms with Crippen LogP contribution in [0.5, 0.6) is 0 Å². The Hall–Kier alpha value is -0.810. The molecule has 15 heavy (non-hydrogen) atoms. The quantitative estimate of drug-likeness (QED) is 0.892. The number of carbonyl (C=O) groups is 1. The second-order valence-corrected chi connectivity index (χ2v) is 4.36. The van der Waals surface area contributed by atoms with Crippen molar-refractivity contribution >= 4 is 21.8 Å². The van der Waals surface area contributed by atoms with E-state index in [2.05, 4.69) is 15.9 Å². The predicted octanol–water partition coefficient (Wildman–Crippen LogP) is 1.64. The molecule has 1 aliphatic rings. The van der Waals surface area contributed by atoms with Gasteiger partial charge in [0, 0.05) is 6.54 Å². The van der Waals surface area contributed by atoms with Crippen LogP contribution in [-0.2, 0) is 0 Å². The molecule has 1 saturated heterocycles. The first-order valence-corrected chi connectivity index (χ1v) is 5.69. The van der Waals surface area contributed by atoms with Gasteiger partial charge in [-0.3, -0.25) is 4.79 Å². The highest BCUT2D eigenvalue weighted by atomic mass is 79.9. The van der Waals surface area contributed by atoms with Crippen LogP contribution in [0.3, 0.4) is 0 Å². The van der Waals surface area contributed by atoms with Crippen molar-refractivity contribution in [2.24, 2.45) is 0 Å². The van der Waals surface area contributed by atoms with Crippen molar-refractivity contribution in [2.45, 2.75) is 18.9 Å². The number of furan rings is 1. The van der Waals surface area contributed by atoms with Gasteiger partial charge < -0.3 is 14.4 Å². The third-order valence-corrected chi connectivity index (χ3v) is 3.06. The van der Waals surface area contributed by atoms with Gasteiger partial charge in [0.25, 0.3) is 5.91 Å². The molecule has 0 unspecified atom stereocenters. The molecule has 2 rings (SSSR count). The first-order chi connectivity index (χ1) is 7.22. The number of likely N-dealkylation sites (tertiary alicyclic amines) is 1. The van der Waals surface area contributed by atoms with Crippen LogP contribution in [-0.4, -0.2) is 35.1 Å². The molecule has 5 heteroatoms. The lowest BCUT2D eigenvalue weighted by atomic mass is 10.2. The summed E-state index contributed by atoms with van der Waals surface area (Å²) in [5.41, 5.74) is 0. The molecule has 1 aromatic heterocycles. The van der Waals surface area contributed by atoms with Gasteiger partial charge in [0.2, 0.25) is 0 Å². The van der Waals surface area contributed by atoms with E-state index in [4.69, 9.17) is 9.52 Å². The maximum Gasteiger partial charge on any atom is 0.289 e. The number of carbonyl (C=O) groups excluding carboxylic acids is 1. The van der Waals surface area contributed by atoms with Crippen LogP contribution < -0.4 is 0 Å². The van der Waals surface area contributed by atoms with Crippen molar-refractivity contribution in [1.29, 1.82) is 0 Å². The van der Waals surface area contributed by atoms with Crippen molar-refractivity contribution < 1.29 is 14.3 Å². The molecule has 0 spiro atoms. The van der Waals surface area contributed by atoms with Crippen LogP contribution in [0.25, 0.3) is 0 Å². The van der Waals surface area contributed by atoms with Gasteiger partial charge in [0.05, 0.1) is 12.6 Å². The first kappa shape index (κ1) is 10.7. The van der Waals surface area contributed by atoms with E-state index in [1.807, 2.05) is 0 Å². The average molecular weight is 274 g/mol. The molecule has 82 valence electrons. The smallest absolute Gasteiger partial charge is 0.289 e. The topological polar surface area (TPSA) is 53.7 Å². The van der Waals surface area contributed by atoms with Crippen molar-refractivity contribution in [1.82, 2.24) is 4.90 Å². The van der Waals surface area contributed by atoms with E-state index in [0.717, 1.165) is 12.8 Å². The number of halogens is 1. The van der Waals surface area contributed by atoms with Gasteiger partial charge in [-0.1, -0.05) is 0 Å². The highest BCUT2D eigenvalue weighted by molar-refractivity contribution is 9.10. The van der Waals surface area contributed by atoms with E-state index < -0.39 is 0 Å². The summed E-state index contributed by atoms with van der Waals surface area (Å²) in [5, 5.41) is 9.10. The fourth-order valence-electron chi connectivity index (χ4n) is 1.86. The van der Waals surface area contributed by atoms with E-state index in [1.54, 1.807) is 17.0 Å². The molecule has 0 aromatic carbocycles. The summed E-state index contributed by atoms with van der Waals surface area (Å²) in [6.45, 7) is 0.718. The van der Waals surface area contributed by atoms with Crippen LogP contribution in [0.4, 0.5) is 0 Å². The Morgan fingerprint density at radius 3 is 3.07 bits per heavy atom. The normalized spacial score (nSPS) is 20.9. The Labute approximate surface area is 96.0 Å². The first-order valence-electron chi connectivity index (χ1n) is 4.89. The molecule has 0 bridgehead atoms. The van der Waals surface area contributed by atoms with Crippen LogP contribution in [0.15, 0.2) is 21.2 Å². The summed E-state index contributed by atoms with van der Waals surface area (Å²) in [6, 6.07) is 3.28. The minimum absolute atomic E-state index is 0.0214. The van der Waals surface area contributed by atoms with Gasteiger partial charge >= 0.3 is 0 Å². The number of aliphatic hydroxyl groups is 1. The summed E-state index contributed by atoms with van der Waals surface area (Å²) in [7, 11) is 0. The molecule has 1 aromatic rings. The van der Waals surface area contributed by atoms with E-state index in [9.17, 15) is 4.79 Å². The van der Waals surface area contributed by atoms with Gasteiger partial charge in [-0.2, -0.15) is 0 Å². The molecule has 1 atom stereocenters. The zero-order chi connectivity index (χ0) is 10.8. The Balaban J connectivity index is 2.13. The lowest BCUT2D eigenvalue weighted by Gasteiger charge is -2.21. The number of hydrogen-bond donors (Lipinski definition) is 1. The number of amides is 1. The molecule has 1 amide bonds. The SMILES string of the molecule is O=C(c1ccc(Br)o1)N1CCC[C@@H]1CO. The van der Waals surface area contributed by atoms with Gasteiger partial charge in [-0.25, -0.2) is 0 Å². The van der Waals surface area contributed by atoms with E-state index in [1.165, 1.54) is 0 Å². The van der Waals surface area contributed by atoms with Gasteiger partial charge in [-0.15, -0.1) is 0 Å². The number of rotatable bonds is 2. The van der Waals surface area contributed by atoms with Gasteiger partial charge in [0.15, 0.2) is 10.4 Å². The summed E-state index contributed by atoms with van der Waals surface area (Å²) >= 11 is 3.15. The van der Waals surface area contributed by atoms with Crippen LogP contribution in [0.1, 0.15) is 23.4 Å². The largest absolute Gasteiger partial charge is 0.444 e. The van der Waals surface area contributed by atoms with Gasteiger partial charge in [0.1, 0.15) is 0 Å². The van der Waals surface area contributed by atoms with Crippen molar-refractivity contribution in [3.8, 4) is 0 Å². The molecule has 1 aliphatic heterocycles. The lowest BCUT2D eigenvalue weighted by Crippen LogP contribution is -2.37. The molecule has 0 radical (unpaired) electrons. The van der Waals surface area contributed by atoms with E-state index >= 15 is 0 Å². The molecule has 0 saturated carbocycles. The summed E-state index contributed by atoms with van der Waals surface area (Å²) < 4.78 is 5.74. The fourth-order valence-corrected chi connectivity index (χ4v) is 2.17. The zero-order valence-electron chi connectivity index (χ0n) is 8.15. The third-order valence-electron chi connectivity index (χ3n) is 2.63. The summed E-state index contributed by atoms with van der Waals surface area (Å²) in [6.07, 6.45) is 1.81. The van der Waals surface area contributed by atoms with Crippen LogP contribution in [0.2, 0.25) is 0 Å². The number of hydrogen-bond acceptors (Lipinski definition) is 3. The van der Waals surface area contributed by atoms with Crippen LogP contribution in [0, 0.1) is 0 Å². The van der Waals surface area contributed by atoms with Crippen LogP contribution >= 0.6 is 15.9 Å². The monoisotopic (exact) mass is 273 g/mol. The third kappa shape index (κ3) is 2.08. The molecular weight excluding hydrogens is 262 g/mol. The number of nitrogens with zero attached hydrogens (tertiary/aromatic N) is 1. The van der Waals surface area contributed by atoms with Crippen molar-refractivity contribution in [3.63, 3.8) is 0 Å². The molecule has 0 aliphatic carbocycles. The molecule has 1 fully saturated rings. The Kier molecular flexibility index (Phi) is 3.11. The second-order valence-electron chi connectivity index (χ2n) is 3.58. The summed E-state index contributed by atoms with van der Waals surface area (Å²) in [4.78, 5) is 13.6. The minimum Gasteiger partial charge on any atom is -0.444 e. The lowest BCUT2D eigenvalue weighted by molar-refractivity contribution is 0.0644. The Morgan fingerprint density at radius 1 is 1.67 bits per heavy atom. The maximum absolute atomic E-state index is 11.9. The van der Waals surface area contributed by atoms with Gasteiger partial charge in [-0.05, 0) is 40.9 Å². The molecule has 4 nitrogen and oxygen atoms in total. The van der Waals surface area contributed by atoms with E-state index in [-0.39, 0.29) is 18.6 Å². The molecular formula is C10H12BrNO3. The second kappa shape index (κ2) is 4.37. The van der Waals surface area contributed by atoms with Crippen molar-refractivity contribution in [2.75, 3.05) is 13.2 Å². The minimum atomic E-state index is -0.141. The highest BCUT2D eigenvalue weighted by Crippen LogP contribution is 2.22. The predicted molar refractivity (Wildman–Crippen MR) is 57.6 cm³/mol.